The van der Waals surface area contributed by atoms with Crippen molar-refractivity contribution in [2.24, 2.45) is 4.99 Å². The molecule has 0 aliphatic heterocycles. The minimum Gasteiger partial charge on any atom is -0.467 e. The van der Waals surface area contributed by atoms with Gasteiger partial charge in [-0.15, -0.1) is 0 Å². The average molecular weight is 348 g/mol. The molecule has 0 radical (unpaired) electrons. The molecule has 4 N–H and O–H groups in total. The van der Waals surface area contributed by atoms with Crippen molar-refractivity contribution in [2.75, 3.05) is 19.6 Å². The van der Waals surface area contributed by atoms with Gasteiger partial charge in [0.15, 0.2) is 5.96 Å². The van der Waals surface area contributed by atoms with Gasteiger partial charge in [0, 0.05) is 6.54 Å². The Balaban J connectivity index is 1.84. The average Bonchev–Trinajstić information content (AvgIpc) is 3.29. The predicted octanol–water partition coefficient (Wildman–Crippen LogP) is 0.952. The van der Waals surface area contributed by atoms with E-state index < -0.39 is 5.60 Å². The fraction of sp³-hybridized carbons (Fsp3) is 0.412. The summed E-state index contributed by atoms with van der Waals surface area (Å²) < 4.78 is 10.4. The zero-order valence-electron chi connectivity index (χ0n) is 14.4. The van der Waals surface area contributed by atoms with Gasteiger partial charge in [-0.05, 0) is 38.1 Å². The van der Waals surface area contributed by atoms with Crippen molar-refractivity contribution in [1.29, 1.82) is 0 Å². The first-order valence-corrected chi connectivity index (χ1v) is 8.09. The van der Waals surface area contributed by atoms with Gasteiger partial charge in [0.25, 0.3) is 0 Å². The first-order valence-electron chi connectivity index (χ1n) is 8.09. The molecule has 0 aliphatic carbocycles. The molecule has 2 heterocycles. The number of hydrogen-bond donors (Lipinski definition) is 4. The van der Waals surface area contributed by atoms with Crippen LogP contribution in [0, 0.1) is 0 Å². The van der Waals surface area contributed by atoms with Crippen LogP contribution in [0.15, 0.2) is 50.6 Å². The van der Waals surface area contributed by atoms with Gasteiger partial charge in [-0.2, -0.15) is 0 Å². The summed E-state index contributed by atoms with van der Waals surface area (Å²) in [6.45, 7) is 4.64. The van der Waals surface area contributed by atoms with Crippen molar-refractivity contribution in [1.82, 2.24) is 16.0 Å². The molecule has 0 spiro atoms. The van der Waals surface area contributed by atoms with E-state index in [0.29, 0.717) is 30.6 Å². The van der Waals surface area contributed by atoms with E-state index in [1.807, 2.05) is 6.92 Å². The molecular weight excluding hydrogens is 324 g/mol. The Morgan fingerprint density at radius 1 is 1.20 bits per heavy atom. The van der Waals surface area contributed by atoms with Gasteiger partial charge in [-0.25, -0.2) is 4.99 Å². The van der Waals surface area contributed by atoms with E-state index in [4.69, 9.17) is 8.83 Å². The Morgan fingerprint density at radius 3 is 2.60 bits per heavy atom. The van der Waals surface area contributed by atoms with Crippen LogP contribution in [-0.2, 0) is 16.9 Å². The lowest BCUT2D eigenvalue weighted by Crippen LogP contribution is -2.44. The van der Waals surface area contributed by atoms with Crippen molar-refractivity contribution in [3.8, 4) is 0 Å². The highest BCUT2D eigenvalue weighted by Crippen LogP contribution is 2.19. The largest absolute Gasteiger partial charge is 0.467 e. The van der Waals surface area contributed by atoms with Crippen LogP contribution in [0.1, 0.15) is 25.4 Å². The molecule has 136 valence electrons. The second-order valence-electron chi connectivity index (χ2n) is 5.66. The van der Waals surface area contributed by atoms with Crippen LogP contribution in [0.3, 0.4) is 0 Å². The van der Waals surface area contributed by atoms with E-state index >= 15 is 0 Å². The standard InChI is InChI=1S/C17H24N4O4/c1-3-18-16(21-12-17(2,23)14-7-5-9-25-14)20-11-15(22)19-10-13-6-4-8-24-13/h4-9,23H,3,10-12H2,1-2H3,(H,19,22)(H2,18,20,21). The summed E-state index contributed by atoms with van der Waals surface area (Å²) in [4.78, 5) is 16.1. The minimum absolute atomic E-state index is 0.0427. The third kappa shape index (κ3) is 6.00. The molecule has 1 amide bonds. The van der Waals surface area contributed by atoms with Gasteiger partial charge in [0.2, 0.25) is 5.91 Å². The van der Waals surface area contributed by atoms with Crippen LogP contribution in [0.5, 0.6) is 0 Å². The number of carbonyl (C=O) groups excluding carboxylic acids is 1. The van der Waals surface area contributed by atoms with E-state index in [-0.39, 0.29) is 19.0 Å². The van der Waals surface area contributed by atoms with Crippen molar-refractivity contribution < 1.29 is 18.7 Å². The number of furan rings is 2. The molecule has 0 aliphatic rings. The molecule has 0 fully saturated rings. The Kier molecular flexibility index (Phi) is 6.64. The molecule has 25 heavy (non-hydrogen) atoms. The van der Waals surface area contributed by atoms with E-state index in [1.165, 1.54) is 6.26 Å². The monoisotopic (exact) mass is 348 g/mol. The molecule has 2 rings (SSSR count). The van der Waals surface area contributed by atoms with Crippen LogP contribution >= 0.6 is 0 Å². The molecule has 8 heteroatoms. The number of rotatable bonds is 8. The van der Waals surface area contributed by atoms with E-state index in [0.717, 1.165) is 0 Å². The van der Waals surface area contributed by atoms with Crippen molar-refractivity contribution in [2.45, 2.75) is 26.0 Å². The Labute approximate surface area is 146 Å². The van der Waals surface area contributed by atoms with Crippen molar-refractivity contribution in [3.05, 3.63) is 48.3 Å². The van der Waals surface area contributed by atoms with E-state index in [1.54, 1.807) is 37.5 Å². The van der Waals surface area contributed by atoms with Gasteiger partial charge >= 0.3 is 0 Å². The molecule has 1 atom stereocenters. The molecule has 0 aromatic carbocycles. The maximum Gasteiger partial charge on any atom is 0.242 e. The first-order chi connectivity index (χ1) is 12.0. The summed E-state index contributed by atoms with van der Waals surface area (Å²) in [5.74, 6) is 1.33. The van der Waals surface area contributed by atoms with Crippen LogP contribution in [0.4, 0.5) is 0 Å². The maximum absolute atomic E-state index is 11.9. The summed E-state index contributed by atoms with van der Waals surface area (Å²) in [5, 5.41) is 19.2. The van der Waals surface area contributed by atoms with Crippen LogP contribution in [0.25, 0.3) is 0 Å². The van der Waals surface area contributed by atoms with Crippen LogP contribution < -0.4 is 16.0 Å². The van der Waals surface area contributed by atoms with Crippen molar-refractivity contribution >= 4 is 11.9 Å². The first kappa shape index (κ1) is 18.6. The third-order valence-electron chi connectivity index (χ3n) is 3.42. The van der Waals surface area contributed by atoms with Gasteiger partial charge in [-0.3, -0.25) is 4.79 Å². The highest BCUT2D eigenvalue weighted by molar-refractivity contribution is 5.84. The number of nitrogens with zero attached hydrogens (tertiary/aromatic N) is 1. The third-order valence-corrected chi connectivity index (χ3v) is 3.42. The number of hydrogen-bond acceptors (Lipinski definition) is 5. The Morgan fingerprint density at radius 2 is 1.96 bits per heavy atom. The molecule has 8 nitrogen and oxygen atoms in total. The number of nitrogens with one attached hydrogen (secondary N) is 3. The maximum atomic E-state index is 11.9. The molecule has 2 aromatic rings. The normalized spacial score (nSPS) is 14.0. The van der Waals surface area contributed by atoms with Crippen LogP contribution in [0.2, 0.25) is 0 Å². The SMILES string of the molecule is CCNC(=NCC(=O)NCc1ccco1)NCC(C)(O)c1ccco1. The Hall–Kier alpha value is -2.74. The highest BCUT2D eigenvalue weighted by Gasteiger charge is 2.26. The fourth-order valence-electron chi connectivity index (χ4n) is 2.08. The summed E-state index contributed by atoms with van der Waals surface area (Å²) >= 11 is 0. The topological polar surface area (TPSA) is 112 Å². The lowest BCUT2D eigenvalue weighted by Gasteiger charge is -2.22. The Bertz CT molecular complexity index is 663. The van der Waals surface area contributed by atoms with Crippen LogP contribution in [-0.4, -0.2) is 36.6 Å². The highest BCUT2D eigenvalue weighted by atomic mass is 16.4. The van der Waals surface area contributed by atoms with E-state index in [2.05, 4.69) is 20.9 Å². The zero-order chi connectivity index (χ0) is 18.1. The number of carbonyl (C=O) groups is 1. The number of aliphatic imine (C=N–C) groups is 1. The second kappa shape index (κ2) is 8.93. The molecule has 0 saturated carbocycles. The number of amides is 1. The van der Waals surface area contributed by atoms with Gasteiger partial charge in [-0.1, -0.05) is 0 Å². The molecular formula is C17H24N4O4. The summed E-state index contributed by atoms with van der Waals surface area (Å²) in [5.41, 5.74) is -1.19. The van der Waals surface area contributed by atoms with E-state index in [9.17, 15) is 9.90 Å². The lowest BCUT2D eigenvalue weighted by molar-refractivity contribution is -0.119. The molecule has 2 aromatic heterocycles. The molecule has 1 unspecified atom stereocenters. The summed E-state index contributed by atoms with van der Waals surface area (Å²) in [7, 11) is 0. The number of guanidine groups is 1. The lowest BCUT2D eigenvalue weighted by atomic mass is 10.0. The van der Waals surface area contributed by atoms with Gasteiger partial charge in [0.05, 0.1) is 25.6 Å². The quantitative estimate of drug-likeness (QED) is 0.417. The zero-order valence-corrected chi connectivity index (χ0v) is 14.4. The fourth-order valence-corrected chi connectivity index (χ4v) is 2.08. The second-order valence-corrected chi connectivity index (χ2v) is 5.66. The summed E-state index contributed by atoms with van der Waals surface area (Å²) in [6, 6.07) is 6.96. The predicted molar refractivity (Wildman–Crippen MR) is 92.8 cm³/mol. The molecule has 0 bridgehead atoms. The summed E-state index contributed by atoms with van der Waals surface area (Å²) in [6.07, 6.45) is 3.06. The van der Waals surface area contributed by atoms with Crippen molar-refractivity contribution in [3.63, 3.8) is 0 Å². The molecule has 0 saturated heterocycles. The van der Waals surface area contributed by atoms with Gasteiger partial charge < -0.3 is 29.9 Å². The van der Waals surface area contributed by atoms with Gasteiger partial charge in [0.1, 0.15) is 23.7 Å². The number of aliphatic hydroxyl groups is 1. The smallest absolute Gasteiger partial charge is 0.242 e. The minimum atomic E-state index is -1.19.